The zero-order chi connectivity index (χ0) is 12.3. The molecule has 0 saturated carbocycles. The van der Waals surface area contributed by atoms with E-state index in [1.807, 2.05) is 32.9 Å². The van der Waals surface area contributed by atoms with Gasteiger partial charge in [-0.3, -0.25) is 0 Å². The minimum atomic E-state index is -1.65. The standard InChI is InChI=1S/C11H13NO3S/c1-7-4-8(2)11(9(3)5-7)16(15)12-6-10(13)14/h4-6H,1-3H3,(H,13,14)/b12-6+. The highest BCUT2D eigenvalue weighted by Gasteiger charge is 2.17. The molecule has 0 aliphatic rings. The average molecular weight is 239 g/mol. The molecule has 0 aromatic heterocycles. The van der Waals surface area contributed by atoms with E-state index in [1.165, 1.54) is 0 Å². The molecule has 0 heterocycles. The molecule has 0 aliphatic heterocycles. The van der Waals surface area contributed by atoms with Gasteiger partial charge in [-0.15, -0.1) is 0 Å². The van der Waals surface area contributed by atoms with Crippen molar-refractivity contribution < 1.29 is 14.5 Å². The molecule has 0 fully saturated rings. The van der Waals surface area contributed by atoms with Crippen molar-refractivity contribution in [3.63, 3.8) is 0 Å². The Morgan fingerprint density at radius 2 is 1.88 bits per heavy atom. The fourth-order valence-corrected chi connectivity index (χ4v) is 2.55. The van der Waals surface area contributed by atoms with Gasteiger partial charge < -0.3 is 9.66 Å². The van der Waals surface area contributed by atoms with E-state index in [0.29, 0.717) is 11.1 Å². The number of rotatable bonds is 3. The first-order valence-electron chi connectivity index (χ1n) is 4.68. The Morgan fingerprint density at radius 1 is 1.38 bits per heavy atom. The first kappa shape index (κ1) is 12.7. The summed E-state index contributed by atoms with van der Waals surface area (Å²) in [4.78, 5) is 10.9. The summed E-state index contributed by atoms with van der Waals surface area (Å²) in [6.45, 7) is 5.63. The molecule has 0 bridgehead atoms. The van der Waals surface area contributed by atoms with Gasteiger partial charge in [0.05, 0.1) is 0 Å². The summed E-state index contributed by atoms with van der Waals surface area (Å²) < 4.78 is 15.2. The lowest BCUT2D eigenvalue weighted by Gasteiger charge is -2.09. The largest absolute Gasteiger partial charge is 0.586 e. The van der Waals surface area contributed by atoms with Gasteiger partial charge in [0.1, 0.15) is 11.4 Å². The Balaban J connectivity index is 3.08. The van der Waals surface area contributed by atoms with Crippen molar-refractivity contribution in [3.05, 3.63) is 28.8 Å². The van der Waals surface area contributed by atoms with Crippen molar-refractivity contribution in [2.45, 2.75) is 25.7 Å². The third-order valence-electron chi connectivity index (χ3n) is 2.04. The first-order chi connectivity index (χ1) is 7.41. The van der Waals surface area contributed by atoms with Gasteiger partial charge in [-0.25, -0.2) is 4.79 Å². The fourth-order valence-electron chi connectivity index (χ4n) is 1.59. The van der Waals surface area contributed by atoms with Gasteiger partial charge in [0.25, 0.3) is 0 Å². The second-order valence-corrected chi connectivity index (χ2v) is 4.67. The molecule has 1 aromatic rings. The molecule has 0 saturated heterocycles. The smallest absolute Gasteiger partial charge is 0.351 e. The monoisotopic (exact) mass is 239 g/mol. The summed E-state index contributed by atoms with van der Waals surface area (Å²) in [6.07, 6.45) is 0.662. The van der Waals surface area contributed by atoms with Crippen LogP contribution < -0.4 is 0 Å². The number of aryl methyl sites for hydroxylation is 3. The second kappa shape index (κ2) is 5.14. The molecule has 86 valence electrons. The lowest BCUT2D eigenvalue weighted by Crippen LogP contribution is -2.06. The van der Waals surface area contributed by atoms with Gasteiger partial charge in [0.15, 0.2) is 11.1 Å². The quantitative estimate of drug-likeness (QED) is 0.645. The predicted molar refractivity (Wildman–Crippen MR) is 63.2 cm³/mol. The topological polar surface area (TPSA) is 72.7 Å². The van der Waals surface area contributed by atoms with Crippen molar-refractivity contribution in [2.75, 3.05) is 0 Å². The maximum absolute atomic E-state index is 11.8. The van der Waals surface area contributed by atoms with Crippen LogP contribution in [0, 0.1) is 20.8 Å². The molecule has 5 heteroatoms. The second-order valence-electron chi connectivity index (χ2n) is 3.55. The van der Waals surface area contributed by atoms with Crippen molar-refractivity contribution in [2.24, 2.45) is 4.40 Å². The third kappa shape index (κ3) is 3.08. The highest BCUT2D eigenvalue weighted by atomic mass is 32.2. The Bertz CT molecular complexity index is 420. The summed E-state index contributed by atoms with van der Waals surface area (Å²) in [7, 11) is 0. The molecule has 0 aliphatic carbocycles. The molecule has 1 aromatic carbocycles. The van der Waals surface area contributed by atoms with Crippen LogP contribution >= 0.6 is 0 Å². The molecule has 0 radical (unpaired) electrons. The van der Waals surface area contributed by atoms with Crippen molar-refractivity contribution in [1.82, 2.24) is 0 Å². The number of hydrogen-bond acceptors (Lipinski definition) is 3. The van der Waals surface area contributed by atoms with Gasteiger partial charge in [-0.1, -0.05) is 22.1 Å². The molecule has 16 heavy (non-hydrogen) atoms. The van der Waals surface area contributed by atoms with Crippen molar-refractivity contribution in [1.29, 1.82) is 0 Å². The summed E-state index contributed by atoms with van der Waals surface area (Å²) in [5.74, 6) is -1.20. The normalized spacial score (nSPS) is 13.0. The molecule has 1 unspecified atom stereocenters. The third-order valence-corrected chi connectivity index (χ3v) is 3.33. The lowest BCUT2D eigenvalue weighted by molar-refractivity contribution is -0.128. The van der Waals surface area contributed by atoms with Gasteiger partial charge in [0.2, 0.25) is 0 Å². The number of aliphatic carboxylic acids is 1. The number of benzene rings is 1. The number of carboxylic acid groups (broad SMARTS) is 1. The lowest BCUT2D eigenvalue weighted by atomic mass is 10.1. The Hall–Kier alpha value is -1.33. The van der Waals surface area contributed by atoms with Crippen LogP contribution in [0.5, 0.6) is 0 Å². The van der Waals surface area contributed by atoms with Crippen LogP contribution in [0.2, 0.25) is 0 Å². The van der Waals surface area contributed by atoms with Crippen LogP contribution in [0.1, 0.15) is 16.7 Å². The van der Waals surface area contributed by atoms with Crippen LogP contribution in [-0.4, -0.2) is 21.8 Å². The highest BCUT2D eigenvalue weighted by molar-refractivity contribution is 7.90. The van der Waals surface area contributed by atoms with E-state index in [4.69, 9.17) is 5.11 Å². The van der Waals surface area contributed by atoms with Crippen molar-refractivity contribution >= 4 is 23.5 Å². The molecule has 1 rings (SSSR count). The molecule has 1 N–H and O–H groups in total. The predicted octanol–water partition coefficient (Wildman–Crippen LogP) is 1.79. The average Bonchev–Trinajstić information content (AvgIpc) is 2.12. The van der Waals surface area contributed by atoms with Crippen LogP contribution in [0.3, 0.4) is 0 Å². The van der Waals surface area contributed by atoms with E-state index in [2.05, 4.69) is 4.40 Å². The molecule has 0 spiro atoms. The SMILES string of the molecule is Cc1cc(C)c([S+]([O-])/N=C/C(=O)O)c(C)c1. The van der Waals surface area contributed by atoms with Gasteiger partial charge >= 0.3 is 5.97 Å². The highest BCUT2D eigenvalue weighted by Crippen LogP contribution is 2.23. The van der Waals surface area contributed by atoms with E-state index in [9.17, 15) is 9.35 Å². The van der Waals surface area contributed by atoms with E-state index in [0.717, 1.165) is 16.7 Å². The Labute approximate surface area is 97.3 Å². The van der Waals surface area contributed by atoms with Gasteiger partial charge in [0, 0.05) is 11.1 Å². The zero-order valence-electron chi connectivity index (χ0n) is 9.35. The molecule has 0 amide bonds. The molecular weight excluding hydrogens is 226 g/mol. The van der Waals surface area contributed by atoms with E-state index in [-0.39, 0.29) is 0 Å². The summed E-state index contributed by atoms with van der Waals surface area (Å²) in [5, 5.41) is 8.41. The maximum Gasteiger partial charge on any atom is 0.351 e. The van der Waals surface area contributed by atoms with E-state index in [1.54, 1.807) is 0 Å². The minimum Gasteiger partial charge on any atom is -0.586 e. The fraction of sp³-hybridized carbons (Fsp3) is 0.273. The van der Waals surface area contributed by atoms with E-state index >= 15 is 0 Å². The Kier molecular flexibility index (Phi) is 4.09. The van der Waals surface area contributed by atoms with Crippen LogP contribution in [0.25, 0.3) is 0 Å². The number of carboxylic acids is 1. The van der Waals surface area contributed by atoms with Crippen LogP contribution in [-0.2, 0) is 16.2 Å². The van der Waals surface area contributed by atoms with Crippen molar-refractivity contribution in [3.8, 4) is 0 Å². The zero-order valence-corrected chi connectivity index (χ0v) is 10.2. The molecule has 4 nitrogen and oxygen atoms in total. The Morgan fingerprint density at radius 3 is 2.31 bits per heavy atom. The van der Waals surface area contributed by atoms with E-state index < -0.39 is 17.3 Å². The number of nitrogens with zero attached hydrogens (tertiary/aromatic N) is 1. The summed E-state index contributed by atoms with van der Waals surface area (Å²) in [5.41, 5.74) is 2.80. The minimum absolute atomic E-state index is 0.586. The van der Waals surface area contributed by atoms with Crippen LogP contribution in [0.4, 0.5) is 0 Å². The molecule has 1 atom stereocenters. The molecular formula is C11H13NO3S. The summed E-state index contributed by atoms with van der Waals surface area (Å²) >= 11 is -1.65. The number of carbonyl (C=O) groups is 1. The van der Waals surface area contributed by atoms with Crippen LogP contribution in [0.15, 0.2) is 21.4 Å². The van der Waals surface area contributed by atoms with Gasteiger partial charge in [-0.2, -0.15) is 0 Å². The maximum atomic E-state index is 11.8. The van der Waals surface area contributed by atoms with Gasteiger partial charge in [-0.05, 0) is 20.8 Å². The number of hydrogen-bond donors (Lipinski definition) is 1. The first-order valence-corrected chi connectivity index (χ1v) is 5.79. The summed E-state index contributed by atoms with van der Waals surface area (Å²) in [6, 6.07) is 3.80.